The molecular formula is C19H18F5N7O2. The number of alkyl halides is 4. The standard InChI is InChI=1S/C19H18F5N7O2/c20-13(1-3-30-4-2-14(25)16(21)18(30)33)9-31-10-15(28-29-31)17(32)27-7-11-5-12(8-26-6-11)19(22,23)24/h2,4-6,8,10,13H,1,3,7,9,25H2,(H,27,32). The molecule has 3 aromatic rings. The van der Waals surface area contributed by atoms with Crippen molar-refractivity contribution >= 4 is 11.6 Å². The summed E-state index contributed by atoms with van der Waals surface area (Å²) < 4.78 is 68.0. The van der Waals surface area contributed by atoms with Crippen LogP contribution in [-0.2, 0) is 25.8 Å². The summed E-state index contributed by atoms with van der Waals surface area (Å²) in [6.07, 6.45) is -1.93. The van der Waals surface area contributed by atoms with Crippen molar-refractivity contribution in [3.8, 4) is 0 Å². The Labute approximate surface area is 183 Å². The molecule has 0 aromatic carbocycles. The molecule has 9 nitrogen and oxygen atoms in total. The van der Waals surface area contributed by atoms with Gasteiger partial charge in [-0.2, -0.15) is 17.6 Å². The molecule has 3 heterocycles. The van der Waals surface area contributed by atoms with Gasteiger partial charge in [-0.1, -0.05) is 5.21 Å². The molecule has 3 aromatic heterocycles. The van der Waals surface area contributed by atoms with Crippen molar-refractivity contribution in [2.45, 2.75) is 38.4 Å². The minimum Gasteiger partial charge on any atom is -0.396 e. The number of amides is 1. The van der Waals surface area contributed by atoms with Crippen LogP contribution in [0.2, 0.25) is 0 Å². The lowest BCUT2D eigenvalue weighted by Gasteiger charge is -2.10. The number of halogens is 5. The number of carbonyl (C=O) groups excluding carboxylic acids is 1. The molecule has 0 aliphatic rings. The van der Waals surface area contributed by atoms with Gasteiger partial charge in [0.25, 0.3) is 11.5 Å². The molecule has 176 valence electrons. The van der Waals surface area contributed by atoms with Gasteiger partial charge in [0.05, 0.1) is 24.0 Å². The van der Waals surface area contributed by atoms with Crippen molar-refractivity contribution in [1.29, 1.82) is 0 Å². The van der Waals surface area contributed by atoms with Crippen LogP contribution in [0.1, 0.15) is 28.0 Å². The summed E-state index contributed by atoms with van der Waals surface area (Å²) in [6.45, 7) is -0.629. The molecule has 3 N–H and O–H groups in total. The number of nitrogens with one attached hydrogen (secondary N) is 1. The third-order valence-corrected chi connectivity index (χ3v) is 4.55. The summed E-state index contributed by atoms with van der Waals surface area (Å²) in [7, 11) is 0. The Balaban J connectivity index is 1.52. The van der Waals surface area contributed by atoms with Crippen LogP contribution in [0.3, 0.4) is 0 Å². The van der Waals surface area contributed by atoms with E-state index < -0.39 is 35.2 Å². The van der Waals surface area contributed by atoms with Gasteiger partial charge in [0.1, 0.15) is 6.17 Å². The summed E-state index contributed by atoms with van der Waals surface area (Å²) in [6, 6.07) is 2.05. The molecule has 0 saturated carbocycles. The zero-order valence-corrected chi connectivity index (χ0v) is 16.9. The monoisotopic (exact) mass is 471 g/mol. The molecule has 1 unspecified atom stereocenters. The van der Waals surface area contributed by atoms with Gasteiger partial charge in [-0.25, -0.2) is 9.07 Å². The molecule has 0 fully saturated rings. The lowest BCUT2D eigenvalue weighted by Crippen LogP contribution is -2.25. The van der Waals surface area contributed by atoms with E-state index in [0.717, 1.165) is 15.3 Å². The summed E-state index contributed by atoms with van der Waals surface area (Å²) >= 11 is 0. The normalized spacial score (nSPS) is 12.5. The van der Waals surface area contributed by atoms with Crippen molar-refractivity contribution in [3.05, 3.63) is 69.9 Å². The molecule has 1 amide bonds. The second-order valence-electron chi connectivity index (χ2n) is 7.06. The molecule has 0 aliphatic heterocycles. The van der Waals surface area contributed by atoms with Gasteiger partial charge in [-0.15, -0.1) is 5.10 Å². The average molecular weight is 471 g/mol. The Morgan fingerprint density at radius 3 is 2.76 bits per heavy atom. The maximum atomic E-state index is 14.3. The minimum absolute atomic E-state index is 0.107. The third kappa shape index (κ3) is 6.11. The highest BCUT2D eigenvalue weighted by atomic mass is 19.4. The minimum atomic E-state index is -4.56. The number of aromatic nitrogens is 5. The molecule has 0 bridgehead atoms. The Morgan fingerprint density at radius 1 is 1.27 bits per heavy atom. The average Bonchev–Trinajstić information content (AvgIpc) is 3.23. The zero-order valence-electron chi connectivity index (χ0n) is 16.9. The molecule has 0 aliphatic carbocycles. The second kappa shape index (κ2) is 9.75. The van der Waals surface area contributed by atoms with Crippen LogP contribution in [0.15, 0.2) is 41.7 Å². The van der Waals surface area contributed by atoms with Crippen molar-refractivity contribution in [1.82, 2.24) is 29.9 Å². The molecule has 14 heteroatoms. The quantitative estimate of drug-likeness (QED) is 0.485. The molecule has 33 heavy (non-hydrogen) atoms. The topological polar surface area (TPSA) is 121 Å². The number of nitrogen functional groups attached to an aromatic ring is 1. The van der Waals surface area contributed by atoms with E-state index in [-0.39, 0.29) is 43.0 Å². The first-order chi connectivity index (χ1) is 15.5. The highest BCUT2D eigenvalue weighted by molar-refractivity contribution is 5.91. The predicted octanol–water partition coefficient (Wildman–Crippen LogP) is 1.93. The largest absolute Gasteiger partial charge is 0.417 e. The molecule has 0 spiro atoms. The van der Waals surface area contributed by atoms with Crippen LogP contribution in [0.5, 0.6) is 0 Å². The van der Waals surface area contributed by atoms with E-state index in [1.165, 1.54) is 24.7 Å². The van der Waals surface area contributed by atoms with Crippen molar-refractivity contribution in [2.24, 2.45) is 0 Å². The summed E-state index contributed by atoms with van der Waals surface area (Å²) in [5.41, 5.74) is 3.05. The highest BCUT2D eigenvalue weighted by Crippen LogP contribution is 2.28. The second-order valence-corrected chi connectivity index (χ2v) is 7.06. The van der Waals surface area contributed by atoms with E-state index >= 15 is 0 Å². The van der Waals surface area contributed by atoms with Crippen LogP contribution >= 0.6 is 0 Å². The summed E-state index contributed by atoms with van der Waals surface area (Å²) in [4.78, 5) is 27.4. The van der Waals surface area contributed by atoms with E-state index in [1.54, 1.807) is 0 Å². The number of anilines is 1. The molecule has 0 saturated heterocycles. The Hall–Kier alpha value is -3.84. The molecule has 0 radical (unpaired) electrons. The van der Waals surface area contributed by atoms with Gasteiger partial charge in [0.15, 0.2) is 5.69 Å². The van der Waals surface area contributed by atoms with Gasteiger partial charge < -0.3 is 15.6 Å². The maximum absolute atomic E-state index is 14.3. The number of hydrogen-bond acceptors (Lipinski definition) is 6. The fourth-order valence-corrected chi connectivity index (χ4v) is 2.81. The van der Waals surface area contributed by atoms with E-state index in [1.807, 2.05) is 0 Å². The summed E-state index contributed by atoms with van der Waals surface area (Å²) in [5.74, 6) is -1.83. The van der Waals surface area contributed by atoms with Gasteiger partial charge in [0.2, 0.25) is 5.82 Å². The highest BCUT2D eigenvalue weighted by Gasteiger charge is 2.31. The Kier molecular flexibility index (Phi) is 7.04. The van der Waals surface area contributed by atoms with E-state index in [2.05, 4.69) is 20.6 Å². The van der Waals surface area contributed by atoms with Gasteiger partial charge >= 0.3 is 6.18 Å². The predicted molar refractivity (Wildman–Crippen MR) is 105 cm³/mol. The molecular weight excluding hydrogens is 453 g/mol. The summed E-state index contributed by atoms with van der Waals surface area (Å²) in [5, 5.41) is 9.63. The number of nitrogens with two attached hydrogens (primary N) is 1. The number of aryl methyl sites for hydroxylation is 1. The van der Waals surface area contributed by atoms with Crippen LogP contribution in [0.25, 0.3) is 0 Å². The first kappa shape index (κ1) is 23.8. The molecule has 3 rings (SSSR count). The fourth-order valence-electron chi connectivity index (χ4n) is 2.81. The number of carbonyl (C=O) groups is 1. The van der Waals surface area contributed by atoms with E-state index in [0.29, 0.717) is 6.20 Å². The number of hydrogen-bond donors (Lipinski definition) is 2. The number of nitrogens with zero attached hydrogens (tertiary/aromatic N) is 5. The maximum Gasteiger partial charge on any atom is 0.417 e. The van der Waals surface area contributed by atoms with Crippen LogP contribution < -0.4 is 16.6 Å². The Bertz CT molecular complexity index is 1190. The van der Waals surface area contributed by atoms with Gasteiger partial charge in [0, 0.05) is 31.7 Å². The van der Waals surface area contributed by atoms with E-state index in [9.17, 15) is 31.5 Å². The van der Waals surface area contributed by atoms with E-state index in [4.69, 9.17) is 5.73 Å². The first-order valence-corrected chi connectivity index (χ1v) is 9.52. The van der Waals surface area contributed by atoms with Crippen molar-refractivity contribution < 1.29 is 26.7 Å². The first-order valence-electron chi connectivity index (χ1n) is 9.52. The van der Waals surface area contributed by atoms with Gasteiger partial charge in [-0.05, 0) is 24.1 Å². The Morgan fingerprint density at radius 2 is 2.03 bits per heavy atom. The zero-order chi connectivity index (χ0) is 24.2. The van der Waals surface area contributed by atoms with Crippen molar-refractivity contribution in [3.63, 3.8) is 0 Å². The molecule has 1 atom stereocenters. The smallest absolute Gasteiger partial charge is 0.396 e. The SMILES string of the molecule is Nc1ccn(CCC(F)Cn2cc(C(=O)NCc3cncc(C(F)(F)F)c3)nn2)c(=O)c1F. The lowest BCUT2D eigenvalue weighted by atomic mass is 10.2. The number of rotatable bonds is 8. The third-order valence-electron chi connectivity index (χ3n) is 4.55. The number of pyridine rings is 2. The lowest BCUT2D eigenvalue weighted by molar-refractivity contribution is -0.137. The van der Waals surface area contributed by atoms with Crippen molar-refractivity contribution in [2.75, 3.05) is 5.73 Å². The van der Waals surface area contributed by atoms with Crippen LogP contribution in [0.4, 0.5) is 27.6 Å². The fraction of sp³-hybridized carbons (Fsp3) is 0.316. The van der Waals surface area contributed by atoms with Crippen LogP contribution in [0, 0.1) is 5.82 Å². The van der Waals surface area contributed by atoms with Crippen LogP contribution in [-0.4, -0.2) is 36.6 Å². The van der Waals surface area contributed by atoms with Gasteiger partial charge in [-0.3, -0.25) is 14.6 Å².